The van der Waals surface area contributed by atoms with Gasteiger partial charge >= 0.3 is 6.18 Å². The molecule has 5 nitrogen and oxygen atoms in total. The standard InChI is InChI=1S/C12H21F3N2O3.ClH/c1-19-8-11(2-4-16-5-3-11)7-17-10(18)6-20-9-12(13,14)15;/h16H,2-9H2,1H3,(H,17,18);1H. The molecule has 0 radical (unpaired) electrons. The summed E-state index contributed by atoms with van der Waals surface area (Å²) >= 11 is 0. The number of hydrogen-bond donors (Lipinski definition) is 2. The number of alkyl halides is 3. The summed E-state index contributed by atoms with van der Waals surface area (Å²) in [6, 6.07) is 0. The van der Waals surface area contributed by atoms with Crippen LogP contribution in [0.4, 0.5) is 13.2 Å². The second-order valence-electron chi connectivity index (χ2n) is 5.07. The van der Waals surface area contributed by atoms with Crippen molar-refractivity contribution < 1.29 is 27.4 Å². The normalized spacial score (nSPS) is 17.9. The lowest BCUT2D eigenvalue weighted by Crippen LogP contribution is -2.47. The third-order valence-corrected chi connectivity index (χ3v) is 3.27. The predicted octanol–water partition coefficient (Wildman–Crippen LogP) is 1.12. The second kappa shape index (κ2) is 9.45. The molecule has 2 N–H and O–H groups in total. The minimum absolute atomic E-state index is 0. The van der Waals surface area contributed by atoms with E-state index in [0.717, 1.165) is 25.9 Å². The molecule has 0 saturated carbocycles. The van der Waals surface area contributed by atoms with Gasteiger partial charge in [0, 0.05) is 19.1 Å². The van der Waals surface area contributed by atoms with Crippen molar-refractivity contribution in [3.8, 4) is 0 Å². The summed E-state index contributed by atoms with van der Waals surface area (Å²) < 4.78 is 45.1. The first-order chi connectivity index (χ1) is 9.37. The van der Waals surface area contributed by atoms with Crippen molar-refractivity contribution >= 4 is 18.3 Å². The van der Waals surface area contributed by atoms with Gasteiger partial charge < -0.3 is 20.1 Å². The molecule has 1 aliphatic heterocycles. The van der Waals surface area contributed by atoms with E-state index in [2.05, 4.69) is 15.4 Å². The van der Waals surface area contributed by atoms with Crippen LogP contribution in [-0.4, -0.2) is 58.6 Å². The fraction of sp³-hybridized carbons (Fsp3) is 0.917. The van der Waals surface area contributed by atoms with Gasteiger partial charge in [-0.15, -0.1) is 12.4 Å². The Labute approximate surface area is 128 Å². The van der Waals surface area contributed by atoms with Crippen molar-refractivity contribution in [2.75, 3.05) is 46.6 Å². The van der Waals surface area contributed by atoms with Gasteiger partial charge in [-0.2, -0.15) is 13.2 Å². The molecule has 0 aromatic heterocycles. The fourth-order valence-corrected chi connectivity index (χ4v) is 2.23. The zero-order valence-corrected chi connectivity index (χ0v) is 12.7. The topological polar surface area (TPSA) is 59.6 Å². The van der Waals surface area contributed by atoms with E-state index in [4.69, 9.17) is 4.74 Å². The third kappa shape index (κ3) is 8.45. The van der Waals surface area contributed by atoms with Crippen molar-refractivity contribution in [1.82, 2.24) is 10.6 Å². The van der Waals surface area contributed by atoms with Gasteiger partial charge in [0.2, 0.25) is 5.91 Å². The van der Waals surface area contributed by atoms with Crippen LogP contribution in [0.5, 0.6) is 0 Å². The number of carbonyl (C=O) groups excluding carboxylic acids is 1. The molecule has 0 aliphatic carbocycles. The SMILES string of the molecule is COCC1(CNC(=O)COCC(F)(F)F)CCNCC1.Cl. The van der Waals surface area contributed by atoms with E-state index in [1.807, 2.05) is 0 Å². The maximum absolute atomic E-state index is 11.9. The van der Waals surface area contributed by atoms with Gasteiger partial charge in [0.05, 0.1) is 6.61 Å². The van der Waals surface area contributed by atoms with Crippen LogP contribution >= 0.6 is 12.4 Å². The molecule has 126 valence electrons. The van der Waals surface area contributed by atoms with Crippen molar-refractivity contribution in [3.05, 3.63) is 0 Å². The summed E-state index contributed by atoms with van der Waals surface area (Å²) in [6.07, 6.45) is -2.71. The molecule has 1 aliphatic rings. The molecule has 1 rings (SSSR count). The molecule has 9 heteroatoms. The van der Waals surface area contributed by atoms with Gasteiger partial charge in [0.15, 0.2) is 0 Å². The zero-order chi connectivity index (χ0) is 15.1. The van der Waals surface area contributed by atoms with Gasteiger partial charge in [-0.3, -0.25) is 4.79 Å². The maximum Gasteiger partial charge on any atom is 0.411 e. The largest absolute Gasteiger partial charge is 0.411 e. The van der Waals surface area contributed by atoms with Crippen LogP contribution in [0.2, 0.25) is 0 Å². The molecule has 1 amide bonds. The van der Waals surface area contributed by atoms with Crippen LogP contribution < -0.4 is 10.6 Å². The lowest BCUT2D eigenvalue weighted by atomic mass is 9.79. The summed E-state index contributed by atoms with van der Waals surface area (Å²) in [4.78, 5) is 11.5. The molecule has 1 saturated heterocycles. The quantitative estimate of drug-likeness (QED) is 0.732. The average molecular weight is 335 g/mol. The highest BCUT2D eigenvalue weighted by atomic mass is 35.5. The Hall–Kier alpha value is -0.570. The third-order valence-electron chi connectivity index (χ3n) is 3.27. The molecule has 0 aromatic rings. The maximum atomic E-state index is 11.9. The number of hydrogen-bond acceptors (Lipinski definition) is 4. The lowest BCUT2D eigenvalue weighted by molar-refractivity contribution is -0.175. The van der Waals surface area contributed by atoms with E-state index in [1.54, 1.807) is 7.11 Å². The molecule has 21 heavy (non-hydrogen) atoms. The van der Waals surface area contributed by atoms with Gasteiger partial charge in [-0.25, -0.2) is 0 Å². The van der Waals surface area contributed by atoms with Crippen LogP contribution in [0.1, 0.15) is 12.8 Å². The number of nitrogens with one attached hydrogen (secondary N) is 2. The van der Waals surface area contributed by atoms with Crippen LogP contribution in [0.3, 0.4) is 0 Å². The molecule has 0 unspecified atom stereocenters. The van der Waals surface area contributed by atoms with Crippen molar-refractivity contribution in [2.24, 2.45) is 5.41 Å². The number of carbonyl (C=O) groups is 1. The number of rotatable bonds is 7. The van der Waals surface area contributed by atoms with E-state index in [-0.39, 0.29) is 17.8 Å². The van der Waals surface area contributed by atoms with E-state index < -0.39 is 25.3 Å². The Bertz CT molecular complexity index is 305. The number of piperidine rings is 1. The summed E-state index contributed by atoms with van der Waals surface area (Å²) in [6.45, 7) is 0.580. The van der Waals surface area contributed by atoms with Crippen molar-refractivity contribution in [1.29, 1.82) is 0 Å². The summed E-state index contributed by atoms with van der Waals surface area (Å²) in [5.74, 6) is -0.539. The van der Waals surface area contributed by atoms with Crippen LogP contribution in [-0.2, 0) is 14.3 Å². The first-order valence-electron chi connectivity index (χ1n) is 6.48. The van der Waals surface area contributed by atoms with Crippen molar-refractivity contribution in [3.63, 3.8) is 0 Å². The molecule has 0 aromatic carbocycles. The van der Waals surface area contributed by atoms with Crippen molar-refractivity contribution in [2.45, 2.75) is 19.0 Å². The number of methoxy groups -OCH3 is 1. The minimum Gasteiger partial charge on any atom is -0.384 e. The van der Waals surface area contributed by atoms with E-state index >= 15 is 0 Å². The molecule has 1 fully saturated rings. The predicted molar refractivity (Wildman–Crippen MR) is 73.5 cm³/mol. The number of ether oxygens (including phenoxy) is 2. The first-order valence-corrected chi connectivity index (χ1v) is 6.48. The molecular formula is C12H22ClF3N2O3. The highest BCUT2D eigenvalue weighted by Crippen LogP contribution is 2.28. The number of halogens is 4. The van der Waals surface area contributed by atoms with E-state index in [9.17, 15) is 18.0 Å². The van der Waals surface area contributed by atoms with Crippen LogP contribution in [0, 0.1) is 5.41 Å². The highest BCUT2D eigenvalue weighted by molar-refractivity contribution is 5.85. The van der Waals surface area contributed by atoms with E-state index in [1.165, 1.54) is 0 Å². The summed E-state index contributed by atoms with van der Waals surface area (Å²) in [7, 11) is 1.60. The lowest BCUT2D eigenvalue weighted by Gasteiger charge is -2.37. The summed E-state index contributed by atoms with van der Waals surface area (Å²) in [5, 5.41) is 5.84. The Morgan fingerprint density at radius 3 is 2.48 bits per heavy atom. The summed E-state index contributed by atoms with van der Waals surface area (Å²) in [5.41, 5.74) is -0.153. The first kappa shape index (κ1) is 20.4. The minimum atomic E-state index is -4.41. The molecule has 0 spiro atoms. The number of amides is 1. The Balaban J connectivity index is 0.00000400. The van der Waals surface area contributed by atoms with Crippen LogP contribution in [0.15, 0.2) is 0 Å². The Kier molecular flexibility index (Phi) is 9.19. The van der Waals surface area contributed by atoms with Gasteiger partial charge in [-0.05, 0) is 25.9 Å². The second-order valence-corrected chi connectivity index (χ2v) is 5.07. The van der Waals surface area contributed by atoms with Gasteiger partial charge in [0.1, 0.15) is 13.2 Å². The Morgan fingerprint density at radius 1 is 1.33 bits per heavy atom. The van der Waals surface area contributed by atoms with Crippen LogP contribution in [0.25, 0.3) is 0 Å². The van der Waals surface area contributed by atoms with E-state index in [0.29, 0.717) is 13.2 Å². The Morgan fingerprint density at radius 2 is 1.95 bits per heavy atom. The zero-order valence-electron chi connectivity index (χ0n) is 11.9. The smallest absolute Gasteiger partial charge is 0.384 e. The van der Waals surface area contributed by atoms with Gasteiger partial charge in [0.25, 0.3) is 0 Å². The molecular weight excluding hydrogens is 313 g/mol. The highest BCUT2D eigenvalue weighted by Gasteiger charge is 2.32. The molecule has 1 heterocycles. The van der Waals surface area contributed by atoms with Gasteiger partial charge in [-0.1, -0.05) is 0 Å². The monoisotopic (exact) mass is 334 g/mol. The fourth-order valence-electron chi connectivity index (χ4n) is 2.23. The molecule has 0 bridgehead atoms. The molecule has 0 atom stereocenters. The average Bonchev–Trinajstić information content (AvgIpc) is 2.36.